The van der Waals surface area contributed by atoms with Crippen molar-refractivity contribution in [3.05, 3.63) is 95.6 Å². The molecule has 1 unspecified atom stereocenters. The predicted octanol–water partition coefficient (Wildman–Crippen LogP) is 3.28. The monoisotopic (exact) mass is 420 g/mol. The van der Waals surface area contributed by atoms with Crippen LogP contribution in [0.15, 0.2) is 78.9 Å². The number of aliphatic carboxylic acids is 1. The zero-order valence-electron chi connectivity index (χ0n) is 16.3. The van der Waals surface area contributed by atoms with Gasteiger partial charge in [0.25, 0.3) is 5.91 Å². The van der Waals surface area contributed by atoms with E-state index in [1.54, 1.807) is 60.7 Å². The van der Waals surface area contributed by atoms with E-state index < -0.39 is 35.4 Å². The maximum absolute atomic E-state index is 13.1. The molecule has 0 aliphatic heterocycles. The number of urea groups is 1. The minimum atomic E-state index is -1.37. The zero-order chi connectivity index (χ0) is 22.4. The molecular formula is C23H20N2O6. The molecule has 0 heterocycles. The van der Waals surface area contributed by atoms with E-state index in [-0.39, 0.29) is 12.1 Å². The number of benzene rings is 3. The summed E-state index contributed by atoms with van der Waals surface area (Å²) in [6.07, 6.45) is 0. The molecule has 0 aliphatic carbocycles. The van der Waals surface area contributed by atoms with E-state index in [4.69, 9.17) is 0 Å². The Labute approximate surface area is 178 Å². The van der Waals surface area contributed by atoms with Crippen molar-refractivity contribution in [2.24, 2.45) is 0 Å². The van der Waals surface area contributed by atoms with Gasteiger partial charge in [0, 0.05) is 5.56 Å². The van der Waals surface area contributed by atoms with Crippen LogP contribution in [0.5, 0.6) is 11.5 Å². The van der Waals surface area contributed by atoms with E-state index in [0.29, 0.717) is 11.1 Å². The van der Waals surface area contributed by atoms with Crippen LogP contribution in [0.25, 0.3) is 0 Å². The van der Waals surface area contributed by atoms with E-state index in [9.17, 15) is 29.7 Å². The highest BCUT2D eigenvalue weighted by Gasteiger charge is 2.29. The number of nitrogens with zero attached hydrogens (tertiary/aromatic N) is 1. The van der Waals surface area contributed by atoms with Crippen LogP contribution < -0.4 is 5.32 Å². The van der Waals surface area contributed by atoms with Gasteiger partial charge in [0.15, 0.2) is 17.5 Å². The Balaban J connectivity index is 1.92. The summed E-state index contributed by atoms with van der Waals surface area (Å²) in [6.45, 7) is -0.131. The number of phenols is 2. The Morgan fingerprint density at radius 1 is 0.839 bits per heavy atom. The first-order valence-corrected chi connectivity index (χ1v) is 9.33. The van der Waals surface area contributed by atoms with Gasteiger partial charge in [0.2, 0.25) is 0 Å². The topological polar surface area (TPSA) is 127 Å². The number of carboxylic acids is 1. The fraction of sp³-hybridized carbons (Fsp3) is 0.0870. The quantitative estimate of drug-likeness (QED) is 0.453. The van der Waals surface area contributed by atoms with Crippen LogP contribution in [0, 0.1) is 0 Å². The third-order valence-corrected chi connectivity index (χ3v) is 4.54. The molecule has 3 rings (SSSR count). The van der Waals surface area contributed by atoms with Crippen molar-refractivity contribution in [3.8, 4) is 11.5 Å². The minimum Gasteiger partial charge on any atom is -0.504 e. The number of amides is 3. The standard InChI is InChI=1S/C23H20N2O6/c26-18-12-11-17(13-19(18)27)21(28)25(14-15-7-3-1-4-8-15)23(31)24-20(22(29)30)16-9-5-2-6-10-16/h1-13,20,26-27H,14H2,(H,24,31)(H,29,30). The first-order chi connectivity index (χ1) is 14.9. The molecule has 3 aromatic rings. The first-order valence-electron chi connectivity index (χ1n) is 9.33. The number of hydrogen-bond donors (Lipinski definition) is 4. The summed E-state index contributed by atoms with van der Waals surface area (Å²) in [5, 5.41) is 31.2. The van der Waals surface area contributed by atoms with Crippen molar-refractivity contribution in [1.29, 1.82) is 0 Å². The molecule has 0 saturated carbocycles. The molecule has 8 nitrogen and oxygen atoms in total. The predicted molar refractivity (Wildman–Crippen MR) is 111 cm³/mol. The third-order valence-electron chi connectivity index (χ3n) is 4.54. The zero-order valence-corrected chi connectivity index (χ0v) is 16.3. The number of carboxylic acid groups (broad SMARTS) is 1. The molecule has 1 atom stereocenters. The Hall–Kier alpha value is -4.33. The van der Waals surface area contributed by atoms with Gasteiger partial charge >= 0.3 is 12.0 Å². The number of carbonyl (C=O) groups is 3. The summed E-state index contributed by atoms with van der Waals surface area (Å²) in [4.78, 5) is 38.7. The number of aromatic hydroxyl groups is 2. The lowest BCUT2D eigenvalue weighted by Crippen LogP contribution is -2.46. The molecule has 3 aromatic carbocycles. The van der Waals surface area contributed by atoms with Crippen LogP contribution in [0.2, 0.25) is 0 Å². The van der Waals surface area contributed by atoms with E-state index in [0.717, 1.165) is 17.0 Å². The van der Waals surface area contributed by atoms with Crippen molar-refractivity contribution in [1.82, 2.24) is 10.2 Å². The number of phenolic OH excluding ortho intramolecular Hbond substituents is 2. The first kappa shape index (κ1) is 21.4. The molecule has 0 bridgehead atoms. The van der Waals surface area contributed by atoms with Gasteiger partial charge in [-0.05, 0) is 29.3 Å². The normalized spacial score (nSPS) is 11.4. The maximum Gasteiger partial charge on any atom is 0.330 e. The molecule has 0 spiro atoms. The van der Waals surface area contributed by atoms with Crippen molar-refractivity contribution >= 4 is 17.9 Å². The minimum absolute atomic E-state index is 0.0482. The highest BCUT2D eigenvalue weighted by molar-refractivity contribution is 6.05. The second-order valence-electron chi connectivity index (χ2n) is 6.71. The van der Waals surface area contributed by atoms with Gasteiger partial charge in [0.05, 0.1) is 6.54 Å². The van der Waals surface area contributed by atoms with Crippen LogP contribution in [-0.2, 0) is 11.3 Å². The summed E-state index contributed by atoms with van der Waals surface area (Å²) >= 11 is 0. The molecule has 0 aromatic heterocycles. The fourth-order valence-electron chi connectivity index (χ4n) is 2.95. The molecular weight excluding hydrogens is 400 g/mol. The van der Waals surface area contributed by atoms with Crippen LogP contribution in [0.4, 0.5) is 4.79 Å². The summed E-state index contributed by atoms with van der Waals surface area (Å²) in [5.41, 5.74) is 0.936. The summed E-state index contributed by atoms with van der Waals surface area (Å²) < 4.78 is 0. The number of imide groups is 1. The van der Waals surface area contributed by atoms with Crippen LogP contribution in [0.3, 0.4) is 0 Å². The van der Waals surface area contributed by atoms with Gasteiger partial charge < -0.3 is 20.6 Å². The number of carbonyl (C=O) groups excluding carboxylic acids is 2. The smallest absolute Gasteiger partial charge is 0.330 e. The van der Waals surface area contributed by atoms with Gasteiger partial charge in [-0.15, -0.1) is 0 Å². The van der Waals surface area contributed by atoms with E-state index in [1.165, 1.54) is 6.07 Å². The van der Waals surface area contributed by atoms with Crippen LogP contribution >= 0.6 is 0 Å². The Bertz CT molecular complexity index is 1090. The molecule has 4 N–H and O–H groups in total. The maximum atomic E-state index is 13.1. The molecule has 158 valence electrons. The van der Waals surface area contributed by atoms with Gasteiger partial charge in [0.1, 0.15) is 0 Å². The summed E-state index contributed by atoms with van der Waals surface area (Å²) in [6, 6.07) is 17.9. The molecule has 31 heavy (non-hydrogen) atoms. The molecule has 8 heteroatoms. The summed E-state index contributed by atoms with van der Waals surface area (Å²) in [7, 11) is 0. The lowest BCUT2D eigenvalue weighted by molar-refractivity contribution is -0.139. The van der Waals surface area contributed by atoms with E-state index >= 15 is 0 Å². The van der Waals surface area contributed by atoms with Gasteiger partial charge in [-0.2, -0.15) is 0 Å². The second-order valence-corrected chi connectivity index (χ2v) is 6.71. The van der Waals surface area contributed by atoms with Gasteiger partial charge in [-0.25, -0.2) is 9.59 Å². The molecule has 3 amide bonds. The largest absolute Gasteiger partial charge is 0.504 e. The number of nitrogens with one attached hydrogen (secondary N) is 1. The number of rotatable bonds is 6. The van der Waals surface area contributed by atoms with Crippen molar-refractivity contribution in [3.63, 3.8) is 0 Å². The fourth-order valence-corrected chi connectivity index (χ4v) is 2.95. The van der Waals surface area contributed by atoms with Crippen molar-refractivity contribution in [2.75, 3.05) is 0 Å². The van der Waals surface area contributed by atoms with Crippen molar-refractivity contribution in [2.45, 2.75) is 12.6 Å². The molecule has 0 saturated heterocycles. The third kappa shape index (κ3) is 5.18. The number of hydrogen-bond acceptors (Lipinski definition) is 5. The molecule has 0 fully saturated rings. The van der Waals surface area contributed by atoms with Crippen molar-refractivity contribution < 1.29 is 29.7 Å². The average Bonchev–Trinajstić information content (AvgIpc) is 2.78. The lowest BCUT2D eigenvalue weighted by atomic mass is 10.1. The Morgan fingerprint density at radius 2 is 1.45 bits per heavy atom. The van der Waals surface area contributed by atoms with E-state index in [2.05, 4.69) is 5.32 Å². The highest BCUT2D eigenvalue weighted by Crippen LogP contribution is 2.26. The molecule has 0 radical (unpaired) electrons. The average molecular weight is 420 g/mol. The van der Waals surface area contributed by atoms with Gasteiger partial charge in [-0.1, -0.05) is 60.7 Å². The lowest BCUT2D eigenvalue weighted by Gasteiger charge is -2.24. The highest BCUT2D eigenvalue weighted by atomic mass is 16.4. The summed E-state index contributed by atoms with van der Waals surface area (Å²) in [5.74, 6) is -2.98. The second kappa shape index (κ2) is 9.45. The Morgan fingerprint density at radius 3 is 2.03 bits per heavy atom. The van der Waals surface area contributed by atoms with Gasteiger partial charge in [-0.3, -0.25) is 9.69 Å². The molecule has 0 aliphatic rings. The SMILES string of the molecule is O=C(O)C(NC(=O)N(Cc1ccccc1)C(=O)c1ccc(O)c(O)c1)c1ccccc1. The van der Waals surface area contributed by atoms with E-state index in [1.807, 2.05) is 0 Å². The van der Waals surface area contributed by atoms with Crippen LogP contribution in [-0.4, -0.2) is 38.1 Å². The Kier molecular flexibility index (Phi) is 6.51. The van der Waals surface area contributed by atoms with Crippen LogP contribution in [0.1, 0.15) is 27.5 Å².